The minimum absolute atomic E-state index is 0.248. The Morgan fingerprint density at radius 2 is 1.82 bits per heavy atom. The molecule has 2 aliphatic rings. The number of likely N-dealkylation sites (tertiary alicyclic amines) is 1. The third-order valence-corrected chi connectivity index (χ3v) is 4.41. The van der Waals surface area contributed by atoms with Gasteiger partial charge >= 0.3 is 5.97 Å². The lowest BCUT2D eigenvalue weighted by Gasteiger charge is -2.54. The highest BCUT2D eigenvalue weighted by molar-refractivity contribution is 5.73. The predicted molar refractivity (Wildman–Crippen MR) is 68.0 cm³/mol. The van der Waals surface area contributed by atoms with Gasteiger partial charge in [-0.15, -0.1) is 0 Å². The number of aliphatic carboxylic acids is 1. The van der Waals surface area contributed by atoms with Crippen LogP contribution >= 0.6 is 0 Å². The minimum atomic E-state index is -0.635. The fourth-order valence-electron chi connectivity index (χ4n) is 3.51. The van der Waals surface area contributed by atoms with Gasteiger partial charge in [0.2, 0.25) is 0 Å². The van der Waals surface area contributed by atoms with Crippen LogP contribution in [0.15, 0.2) is 0 Å². The molecule has 17 heavy (non-hydrogen) atoms. The summed E-state index contributed by atoms with van der Waals surface area (Å²) in [5.74, 6) is -0.177. The summed E-state index contributed by atoms with van der Waals surface area (Å²) in [6.07, 6.45) is 7.47. The van der Waals surface area contributed by atoms with E-state index >= 15 is 0 Å². The van der Waals surface area contributed by atoms with E-state index in [9.17, 15) is 9.90 Å². The van der Waals surface area contributed by atoms with Crippen LogP contribution in [0.3, 0.4) is 0 Å². The van der Waals surface area contributed by atoms with E-state index in [0.717, 1.165) is 19.5 Å². The van der Waals surface area contributed by atoms with Crippen molar-refractivity contribution < 1.29 is 9.90 Å². The second kappa shape index (κ2) is 4.97. The Kier molecular flexibility index (Phi) is 3.76. The third kappa shape index (κ3) is 2.82. The molecule has 98 valence electrons. The fraction of sp³-hybridized carbons (Fsp3) is 0.929. The van der Waals surface area contributed by atoms with E-state index in [1.54, 1.807) is 0 Å². The van der Waals surface area contributed by atoms with Gasteiger partial charge in [-0.2, -0.15) is 0 Å². The molecule has 0 aromatic carbocycles. The lowest BCUT2D eigenvalue weighted by molar-refractivity contribution is -0.152. The van der Waals surface area contributed by atoms with Gasteiger partial charge in [-0.25, -0.2) is 0 Å². The maximum Gasteiger partial charge on any atom is 0.320 e. The van der Waals surface area contributed by atoms with Gasteiger partial charge < -0.3 is 5.11 Å². The van der Waals surface area contributed by atoms with Gasteiger partial charge in [0.15, 0.2) is 0 Å². The van der Waals surface area contributed by atoms with Crippen molar-refractivity contribution >= 4 is 5.97 Å². The van der Waals surface area contributed by atoms with Crippen LogP contribution in [-0.4, -0.2) is 35.1 Å². The standard InChI is InChI=1S/C14H25NO2/c1-11(2)8-12(13(16)17)15-9-14(10-15)6-4-3-5-7-14/h11-12H,3-10H2,1-2H3,(H,16,17). The van der Waals surface area contributed by atoms with Crippen molar-refractivity contribution in [1.29, 1.82) is 0 Å². The molecule has 1 saturated heterocycles. The zero-order valence-corrected chi connectivity index (χ0v) is 11.1. The molecule has 0 radical (unpaired) electrons. The van der Waals surface area contributed by atoms with E-state index in [1.807, 2.05) is 0 Å². The lowest BCUT2D eigenvalue weighted by Crippen LogP contribution is -2.62. The molecule has 0 amide bonds. The molecule has 1 heterocycles. The second-order valence-corrected chi connectivity index (χ2v) is 6.45. The van der Waals surface area contributed by atoms with Crippen molar-refractivity contribution in [2.75, 3.05) is 13.1 Å². The first-order valence-electron chi connectivity index (χ1n) is 6.99. The molecule has 1 N–H and O–H groups in total. The van der Waals surface area contributed by atoms with E-state index in [0.29, 0.717) is 11.3 Å². The van der Waals surface area contributed by atoms with Gasteiger partial charge in [0.1, 0.15) is 6.04 Å². The molecule has 1 atom stereocenters. The summed E-state index contributed by atoms with van der Waals surface area (Å²) in [4.78, 5) is 13.5. The van der Waals surface area contributed by atoms with Crippen LogP contribution < -0.4 is 0 Å². The van der Waals surface area contributed by atoms with E-state index in [2.05, 4.69) is 18.7 Å². The van der Waals surface area contributed by atoms with Crippen molar-refractivity contribution in [2.24, 2.45) is 11.3 Å². The van der Waals surface area contributed by atoms with Gasteiger partial charge in [-0.05, 0) is 30.6 Å². The van der Waals surface area contributed by atoms with Crippen LogP contribution in [-0.2, 0) is 4.79 Å². The molecule has 1 unspecified atom stereocenters. The Morgan fingerprint density at radius 1 is 1.24 bits per heavy atom. The van der Waals surface area contributed by atoms with E-state index in [1.165, 1.54) is 32.1 Å². The quantitative estimate of drug-likeness (QED) is 0.820. The topological polar surface area (TPSA) is 40.5 Å². The van der Waals surface area contributed by atoms with Gasteiger partial charge in [0.05, 0.1) is 0 Å². The van der Waals surface area contributed by atoms with Gasteiger partial charge in [0.25, 0.3) is 0 Å². The minimum Gasteiger partial charge on any atom is -0.480 e. The SMILES string of the molecule is CC(C)CC(C(=O)O)N1CC2(CCCCC2)C1. The normalized spacial score (nSPS) is 25.8. The Morgan fingerprint density at radius 3 is 2.29 bits per heavy atom. The van der Waals surface area contributed by atoms with Crippen LogP contribution in [0.2, 0.25) is 0 Å². The molecule has 0 aromatic rings. The Labute approximate surface area is 104 Å². The summed E-state index contributed by atoms with van der Waals surface area (Å²) < 4.78 is 0. The smallest absolute Gasteiger partial charge is 0.320 e. The summed E-state index contributed by atoms with van der Waals surface area (Å²) in [5.41, 5.74) is 0.489. The number of carboxylic acids is 1. The van der Waals surface area contributed by atoms with E-state index < -0.39 is 5.97 Å². The maximum absolute atomic E-state index is 11.3. The summed E-state index contributed by atoms with van der Waals surface area (Å²) in [6.45, 7) is 6.26. The van der Waals surface area contributed by atoms with Gasteiger partial charge in [0, 0.05) is 13.1 Å². The molecule has 0 aromatic heterocycles. The molecule has 1 aliphatic carbocycles. The highest BCUT2D eigenvalue weighted by Gasteiger charge is 2.47. The molecule has 2 fully saturated rings. The third-order valence-electron chi connectivity index (χ3n) is 4.41. The van der Waals surface area contributed by atoms with Crippen molar-refractivity contribution in [3.05, 3.63) is 0 Å². The van der Waals surface area contributed by atoms with Crippen molar-refractivity contribution in [3.8, 4) is 0 Å². The van der Waals surface area contributed by atoms with E-state index in [4.69, 9.17) is 0 Å². The first-order valence-corrected chi connectivity index (χ1v) is 6.99. The number of hydrogen-bond acceptors (Lipinski definition) is 2. The molecule has 3 nitrogen and oxygen atoms in total. The number of carbonyl (C=O) groups is 1. The number of carboxylic acid groups (broad SMARTS) is 1. The fourth-order valence-corrected chi connectivity index (χ4v) is 3.51. The summed E-state index contributed by atoms with van der Waals surface area (Å²) >= 11 is 0. The lowest BCUT2D eigenvalue weighted by atomic mass is 9.68. The molecule has 1 saturated carbocycles. The Balaban J connectivity index is 1.89. The number of rotatable bonds is 4. The van der Waals surface area contributed by atoms with Crippen LogP contribution in [0.1, 0.15) is 52.4 Å². The average molecular weight is 239 g/mol. The molecule has 3 heteroatoms. The second-order valence-electron chi connectivity index (χ2n) is 6.45. The molecule has 1 spiro atoms. The van der Waals surface area contributed by atoms with Gasteiger partial charge in [-0.3, -0.25) is 9.69 Å². The van der Waals surface area contributed by atoms with Crippen molar-refractivity contribution in [1.82, 2.24) is 4.90 Å². The summed E-state index contributed by atoms with van der Waals surface area (Å²) in [6, 6.07) is -0.248. The van der Waals surface area contributed by atoms with E-state index in [-0.39, 0.29) is 6.04 Å². The number of hydrogen-bond donors (Lipinski definition) is 1. The van der Waals surface area contributed by atoms with Crippen LogP contribution in [0.25, 0.3) is 0 Å². The molecular formula is C14H25NO2. The zero-order chi connectivity index (χ0) is 12.5. The predicted octanol–water partition coefficient (Wildman–Crippen LogP) is 2.75. The molecule has 1 aliphatic heterocycles. The first kappa shape index (κ1) is 12.9. The highest BCUT2D eigenvalue weighted by atomic mass is 16.4. The van der Waals surface area contributed by atoms with Crippen LogP contribution in [0.4, 0.5) is 0 Å². The van der Waals surface area contributed by atoms with Crippen molar-refractivity contribution in [3.63, 3.8) is 0 Å². The average Bonchev–Trinajstić information content (AvgIpc) is 2.23. The molecular weight excluding hydrogens is 214 g/mol. The van der Waals surface area contributed by atoms with Gasteiger partial charge in [-0.1, -0.05) is 33.1 Å². The summed E-state index contributed by atoms with van der Waals surface area (Å²) in [5, 5.41) is 9.30. The monoisotopic (exact) mass is 239 g/mol. The number of nitrogens with zero attached hydrogens (tertiary/aromatic N) is 1. The molecule has 0 bridgehead atoms. The van der Waals surface area contributed by atoms with Crippen LogP contribution in [0, 0.1) is 11.3 Å². The Hall–Kier alpha value is -0.570. The zero-order valence-electron chi connectivity index (χ0n) is 11.1. The molecule has 2 rings (SSSR count). The van der Waals surface area contributed by atoms with Crippen LogP contribution in [0.5, 0.6) is 0 Å². The highest BCUT2D eigenvalue weighted by Crippen LogP contribution is 2.44. The summed E-state index contributed by atoms with van der Waals surface area (Å²) in [7, 11) is 0. The maximum atomic E-state index is 11.3. The first-order chi connectivity index (χ1) is 8.02. The van der Waals surface area contributed by atoms with Crippen molar-refractivity contribution in [2.45, 2.75) is 58.4 Å². The largest absolute Gasteiger partial charge is 0.480 e. The Bertz CT molecular complexity index is 274.